The molecule has 11 nitrogen and oxygen atoms in total. The van der Waals surface area contributed by atoms with E-state index < -0.39 is 27.8 Å². The molecule has 14 heteroatoms. The first-order valence-electron chi connectivity index (χ1n) is 14.0. The molecule has 1 atom stereocenters. The highest BCUT2D eigenvalue weighted by molar-refractivity contribution is 7.89. The fourth-order valence-corrected chi connectivity index (χ4v) is 6.71. The monoisotopic (exact) mass is 632 g/mol. The molecule has 2 aliphatic rings. The Morgan fingerprint density at radius 1 is 1.14 bits per heavy atom. The molecular weight excluding hydrogens is 598 g/mol. The third-order valence-corrected chi connectivity index (χ3v) is 9.48. The van der Waals surface area contributed by atoms with Crippen molar-refractivity contribution < 1.29 is 42.5 Å². The number of benzene rings is 2. The Hall–Kier alpha value is -4.01. The molecule has 0 spiro atoms. The van der Waals surface area contributed by atoms with Gasteiger partial charge in [0, 0.05) is 35.7 Å². The van der Waals surface area contributed by atoms with Gasteiger partial charge in [-0.1, -0.05) is 32.0 Å². The number of aliphatic hydroxyl groups excluding tert-OH is 1. The lowest BCUT2D eigenvalue weighted by molar-refractivity contribution is -0.286. The molecule has 236 valence electrons. The Balaban J connectivity index is 0.00000400. The van der Waals surface area contributed by atoms with Crippen LogP contribution in [0.3, 0.4) is 0 Å². The number of nitrogens with zero attached hydrogens (tertiary/aromatic N) is 2. The summed E-state index contributed by atoms with van der Waals surface area (Å²) < 4.78 is 70.5. The third-order valence-electron chi connectivity index (χ3n) is 7.96. The van der Waals surface area contributed by atoms with Crippen molar-refractivity contribution >= 4 is 32.5 Å². The SMILES string of the molecule is Cc1oncc1S(=O)(=O)NC[C@H](O)Cn1c(C(C)(C)C)cc2cc(NC(=O)C3(c4ccc5c(c4)OC(F)(F)O5)CC3)ccc21.[HH]. The first-order valence-corrected chi connectivity index (χ1v) is 15.5. The van der Waals surface area contributed by atoms with E-state index in [0.717, 1.165) is 22.8 Å². The van der Waals surface area contributed by atoms with Gasteiger partial charge in [0.25, 0.3) is 0 Å². The molecule has 0 bridgehead atoms. The van der Waals surface area contributed by atoms with Gasteiger partial charge in [-0.25, -0.2) is 13.1 Å². The summed E-state index contributed by atoms with van der Waals surface area (Å²) in [6.45, 7) is 7.46. The van der Waals surface area contributed by atoms with Gasteiger partial charge in [0.05, 0.1) is 24.3 Å². The molecule has 2 aromatic heterocycles. The van der Waals surface area contributed by atoms with Gasteiger partial charge in [-0.15, -0.1) is 8.78 Å². The molecule has 1 aliphatic carbocycles. The van der Waals surface area contributed by atoms with Crippen LogP contribution in [-0.4, -0.2) is 48.1 Å². The number of nitrogens with one attached hydrogen (secondary N) is 2. The molecule has 3 N–H and O–H groups in total. The van der Waals surface area contributed by atoms with Crippen molar-refractivity contribution in [1.29, 1.82) is 0 Å². The summed E-state index contributed by atoms with van der Waals surface area (Å²) >= 11 is 0. The van der Waals surface area contributed by atoms with Gasteiger partial charge in [-0.2, -0.15) is 0 Å². The number of alkyl halides is 2. The number of amides is 1. The normalized spacial score (nSPS) is 17.5. The topological polar surface area (TPSA) is 145 Å². The van der Waals surface area contributed by atoms with Crippen LogP contribution in [-0.2, 0) is 32.2 Å². The summed E-state index contributed by atoms with van der Waals surface area (Å²) in [5.74, 6) is -0.293. The van der Waals surface area contributed by atoms with Crippen molar-refractivity contribution in [2.45, 2.75) is 75.2 Å². The Bertz CT molecular complexity index is 1880. The minimum atomic E-state index is -3.92. The number of fused-ring (bicyclic) bond motifs is 2. The predicted octanol–water partition coefficient (Wildman–Crippen LogP) is 4.81. The van der Waals surface area contributed by atoms with Gasteiger partial charge < -0.3 is 29.0 Å². The highest BCUT2D eigenvalue weighted by Gasteiger charge is 2.52. The molecular formula is C30H34F2N4O7S. The number of hydrogen-bond acceptors (Lipinski definition) is 8. The average molecular weight is 633 g/mol. The fourth-order valence-electron chi connectivity index (χ4n) is 5.54. The summed E-state index contributed by atoms with van der Waals surface area (Å²) in [6.07, 6.45) is -2.57. The number of sulfonamides is 1. The van der Waals surface area contributed by atoms with E-state index in [1.807, 2.05) is 43.5 Å². The molecule has 4 aromatic rings. The molecule has 0 unspecified atom stereocenters. The maximum Gasteiger partial charge on any atom is 0.586 e. The lowest BCUT2D eigenvalue weighted by atomic mass is 9.92. The fraction of sp³-hybridized carbons (Fsp3) is 0.400. The Morgan fingerprint density at radius 2 is 1.86 bits per heavy atom. The lowest BCUT2D eigenvalue weighted by Crippen LogP contribution is -2.35. The molecule has 1 amide bonds. The molecule has 2 aromatic carbocycles. The van der Waals surface area contributed by atoms with Crippen LogP contribution in [0.5, 0.6) is 11.5 Å². The van der Waals surface area contributed by atoms with Crippen LogP contribution in [0.4, 0.5) is 14.5 Å². The molecule has 1 aliphatic heterocycles. The summed E-state index contributed by atoms with van der Waals surface area (Å²) in [4.78, 5) is 13.4. The molecule has 0 radical (unpaired) electrons. The highest BCUT2D eigenvalue weighted by Crippen LogP contribution is 2.52. The number of aryl methyl sites for hydroxylation is 1. The van der Waals surface area contributed by atoms with Crippen LogP contribution in [0.25, 0.3) is 10.9 Å². The molecule has 1 fully saturated rings. The molecule has 6 rings (SSSR count). The van der Waals surface area contributed by atoms with Crippen LogP contribution >= 0.6 is 0 Å². The van der Waals surface area contributed by atoms with E-state index in [4.69, 9.17) is 4.52 Å². The number of hydrogen-bond donors (Lipinski definition) is 3. The van der Waals surface area contributed by atoms with Gasteiger partial charge in [0.1, 0.15) is 4.90 Å². The van der Waals surface area contributed by atoms with E-state index in [0.29, 0.717) is 24.1 Å². The quantitative estimate of drug-likeness (QED) is 0.238. The Morgan fingerprint density at radius 3 is 2.52 bits per heavy atom. The number of rotatable bonds is 9. The van der Waals surface area contributed by atoms with Crippen molar-refractivity contribution in [3.05, 3.63) is 65.7 Å². The summed E-state index contributed by atoms with van der Waals surface area (Å²) in [5, 5.41) is 18.2. The van der Waals surface area contributed by atoms with E-state index in [2.05, 4.69) is 24.7 Å². The Labute approximate surface area is 253 Å². The largest absolute Gasteiger partial charge is 0.586 e. The van der Waals surface area contributed by atoms with E-state index in [9.17, 15) is 27.1 Å². The van der Waals surface area contributed by atoms with Crippen LogP contribution in [0.15, 0.2) is 58.1 Å². The number of ether oxygens (including phenoxy) is 2. The van der Waals surface area contributed by atoms with E-state index >= 15 is 0 Å². The average Bonchev–Trinajstić information content (AvgIpc) is 3.34. The highest BCUT2D eigenvalue weighted by atomic mass is 32.2. The minimum Gasteiger partial charge on any atom is -0.395 e. The smallest absolute Gasteiger partial charge is 0.395 e. The number of halogens is 2. The van der Waals surface area contributed by atoms with Crippen LogP contribution in [0, 0.1) is 6.92 Å². The van der Waals surface area contributed by atoms with Crippen molar-refractivity contribution in [3.8, 4) is 11.5 Å². The van der Waals surface area contributed by atoms with Crippen molar-refractivity contribution in [2.75, 3.05) is 11.9 Å². The van der Waals surface area contributed by atoms with Gasteiger partial charge in [0.2, 0.25) is 15.9 Å². The van der Waals surface area contributed by atoms with E-state index in [1.54, 1.807) is 12.1 Å². The van der Waals surface area contributed by atoms with Gasteiger partial charge in [-0.3, -0.25) is 4.79 Å². The van der Waals surface area contributed by atoms with Gasteiger partial charge >= 0.3 is 6.29 Å². The second kappa shape index (κ2) is 10.3. The Kier molecular flexibility index (Phi) is 7.02. The lowest BCUT2D eigenvalue weighted by Gasteiger charge is -2.24. The number of anilines is 1. The zero-order chi connectivity index (χ0) is 31.7. The molecule has 0 saturated heterocycles. The zero-order valence-electron chi connectivity index (χ0n) is 24.5. The van der Waals surface area contributed by atoms with Gasteiger partial charge in [-0.05, 0) is 61.7 Å². The molecule has 3 heterocycles. The van der Waals surface area contributed by atoms with E-state index in [1.165, 1.54) is 19.1 Å². The van der Waals surface area contributed by atoms with E-state index in [-0.39, 0.29) is 48.0 Å². The number of aromatic nitrogens is 2. The second-order valence-electron chi connectivity index (χ2n) is 12.3. The maximum absolute atomic E-state index is 13.5. The third kappa shape index (κ3) is 5.53. The first kappa shape index (κ1) is 30.0. The first-order chi connectivity index (χ1) is 20.6. The van der Waals surface area contributed by atoms with Crippen molar-refractivity contribution in [3.63, 3.8) is 0 Å². The maximum atomic E-state index is 13.5. The minimum absolute atomic E-state index is 0. The van der Waals surface area contributed by atoms with Crippen molar-refractivity contribution in [2.24, 2.45) is 0 Å². The summed E-state index contributed by atoms with van der Waals surface area (Å²) in [5.41, 5.74) is 1.63. The zero-order valence-corrected chi connectivity index (χ0v) is 25.3. The van der Waals surface area contributed by atoms with Crippen LogP contribution < -0.4 is 19.5 Å². The number of carbonyl (C=O) groups excluding carboxylic acids is 1. The summed E-state index contributed by atoms with van der Waals surface area (Å²) in [7, 11) is -3.92. The van der Waals surface area contributed by atoms with Crippen LogP contribution in [0.2, 0.25) is 0 Å². The number of carbonyl (C=O) groups is 1. The summed E-state index contributed by atoms with van der Waals surface area (Å²) in [6, 6.07) is 11.8. The second-order valence-corrected chi connectivity index (χ2v) is 14.0. The van der Waals surface area contributed by atoms with Crippen molar-refractivity contribution in [1.82, 2.24) is 14.4 Å². The number of aliphatic hydroxyl groups is 1. The van der Waals surface area contributed by atoms with Gasteiger partial charge in [0.15, 0.2) is 17.3 Å². The standard InChI is InChI=1S/C30H32F2N4O7S.H2/c1-17-25(15-33-43-17)44(39,40)34-14-21(37)16-36-22-7-6-20(11-18(22)12-26(36)28(2,3)4)35-27(38)29(9-10-29)19-5-8-23-24(13-19)42-30(31,32)41-23;/h5-8,11-13,15,21,34,37H,9-10,14,16H2,1-4H3,(H,35,38);1H/t21-;/m0./s1. The molecule has 44 heavy (non-hydrogen) atoms. The molecule has 1 saturated carbocycles. The predicted molar refractivity (Wildman–Crippen MR) is 157 cm³/mol. The van der Waals surface area contributed by atoms with Crippen LogP contribution in [0.1, 0.15) is 52.1 Å².